The van der Waals surface area contributed by atoms with Crippen LogP contribution in [0.1, 0.15) is 35.6 Å². The molecule has 118 valence electrons. The van der Waals surface area contributed by atoms with Gasteiger partial charge in [0.2, 0.25) is 5.89 Å². The molecule has 0 radical (unpaired) electrons. The Labute approximate surface area is 139 Å². The summed E-state index contributed by atoms with van der Waals surface area (Å²) in [4.78, 5) is 5.00. The van der Waals surface area contributed by atoms with E-state index in [-0.39, 0.29) is 0 Å². The predicted octanol–water partition coefficient (Wildman–Crippen LogP) is 3.61. The Morgan fingerprint density at radius 2 is 2.23 bits per heavy atom. The van der Waals surface area contributed by atoms with E-state index in [2.05, 4.69) is 28.2 Å². The van der Waals surface area contributed by atoms with Crippen LogP contribution < -0.4 is 0 Å². The Kier molecular flexibility index (Phi) is 4.24. The minimum atomic E-state index is 0.648. The first-order valence-electron chi connectivity index (χ1n) is 8.02. The third kappa shape index (κ3) is 2.96. The Morgan fingerprint density at radius 1 is 1.32 bits per heavy atom. The normalized spacial score (nSPS) is 21.5. The van der Waals surface area contributed by atoms with Crippen molar-refractivity contribution in [2.24, 2.45) is 0 Å². The predicted molar refractivity (Wildman–Crippen MR) is 91.5 cm³/mol. The molecular weight excluding hydrogens is 314 g/mol. The highest BCUT2D eigenvalue weighted by molar-refractivity contribution is 7.99. The standard InChI is InChI=1S/C16H21N3OS2/c1-19(12-6-7-21-10-12)9-15-17-18-16(20-15)14-8-11-4-2-3-5-13(11)22-14/h8,12H,2-7,9-10H2,1H3. The zero-order valence-electron chi connectivity index (χ0n) is 12.9. The molecule has 1 saturated heterocycles. The molecule has 0 amide bonds. The number of aromatic nitrogens is 2. The van der Waals surface area contributed by atoms with Crippen molar-refractivity contribution in [3.63, 3.8) is 0 Å². The first-order valence-corrected chi connectivity index (χ1v) is 9.99. The monoisotopic (exact) mass is 335 g/mol. The Morgan fingerprint density at radius 3 is 3.05 bits per heavy atom. The fraction of sp³-hybridized carbons (Fsp3) is 0.625. The van der Waals surface area contributed by atoms with Crippen LogP contribution in [0.15, 0.2) is 10.5 Å². The molecule has 1 aliphatic heterocycles. The van der Waals surface area contributed by atoms with Crippen molar-refractivity contribution >= 4 is 23.1 Å². The number of hydrogen-bond acceptors (Lipinski definition) is 6. The molecule has 1 unspecified atom stereocenters. The van der Waals surface area contributed by atoms with Gasteiger partial charge < -0.3 is 4.42 Å². The third-order valence-corrected chi connectivity index (χ3v) is 6.96. The second-order valence-corrected chi connectivity index (χ2v) is 8.49. The van der Waals surface area contributed by atoms with E-state index in [0.717, 1.165) is 17.3 Å². The first-order chi connectivity index (χ1) is 10.8. The lowest BCUT2D eigenvalue weighted by molar-refractivity contribution is 0.230. The van der Waals surface area contributed by atoms with E-state index >= 15 is 0 Å². The van der Waals surface area contributed by atoms with E-state index in [0.29, 0.717) is 11.9 Å². The van der Waals surface area contributed by atoms with Crippen molar-refractivity contribution in [1.82, 2.24) is 15.1 Å². The number of thioether (sulfide) groups is 1. The maximum Gasteiger partial charge on any atom is 0.257 e. The van der Waals surface area contributed by atoms with Crippen LogP contribution in [0.25, 0.3) is 10.8 Å². The second kappa shape index (κ2) is 6.34. The van der Waals surface area contributed by atoms with Crippen molar-refractivity contribution in [2.45, 2.75) is 44.7 Å². The van der Waals surface area contributed by atoms with Crippen LogP contribution in [0.4, 0.5) is 0 Å². The molecule has 0 bridgehead atoms. The minimum Gasteiger partial charge on any atom is -0.419 e. The smallest absolute Gasteiger partial charge is 0.257 e. The summed E-state index contributed by atoms with van der Waals surface area (Å²) < 4.78 is 5.92. The molecule has 2 aromatic rings. The van der Waals surface area contributed by atoms with E-state index < -0.39 is 0 Å². The highest BCUT2D eigenvalue weighted by Crippen LogP contribution is 2.35. The van der Waals surface area contributed by atoms with Gasteiger partial charge in [-0.15, -0.1) is 21.5 Å². The summed E-state index contributed by atoms with van der Waals surface area (Å²) in [6.45, 7) is 0.753. The summed E-state index contributed by atoms with van der Waals surface area (Å²) in [5, 5.41) is 8.52. The average Bonchev–Trinajstić information content (AvgIpc) is 3.26. The summed E-state index contributed by atoms with van der Waals surface area (Å²) in [5.74, 6) is 3.92. The maximum absolute atomic E-state index is 5.92. The molecule has 1 atom stereocenters. The molecule has 1 aliphatic carbocycles. The molecule has 0 aromatic carbocycles. The third-order valence-electron chi connectivity index (χ3n) is 4.59. The molecule has 0 saturated carbocycles. The Hall–Kier alpha value is -0.850. The molecule has 4 rings (SSSR count). The van der Waals surface area contributed by atoms with Gasteiger partial charge in [-0.1, -0.05) is 0 Å². The summed E-state index contributed by atoms with van der Waals surface area (Å²) in [6, 6.07) is 2.91. The first kappa shape index (κ1) is 14.7. The minimum absolute atomic E-state index is 0.648. The summed E-state index contributed by atoms with van der Waals surface area (Å²) >= 11 is 3.86. The van der Waals surface area contributed by atoms with E-state index in [1.807, 2.05) is 23.1 Å². The SMILES string of the molecule is CN(Cc1nnc(-c2cc3c(s2)CCCC3)o1)C1CCSC1. The van der Waals surface area contributed by atoms with Gasteiger partial charge in [-0.3, -0.25) is 4.90 Å². The van der Waals surface area contributed by atoms with E-state index in [4.69, 9.17) is 4.42 Å². The molecule has 1 fully saturated rings. The van der Waals surface area contributed by atoms with Crippen molar-refractivity contribution < 1.29 is 4.42 Å². The largest absolute Gasteiger partial charge is 0.419 e. The van der Waals surface area contributed by atoms with Gasteiger partial charge >= 0.3 is 0 Å². The zero-order chi connectivity index (χ0) is 14.9. The van der Waals surface area contributed by atoms with E-state index in [1.54, 1.807) is 0 Å². The molecule has 2 aliphatic rings. The maximum atomic E-state index is 5.92. The lowest BCUT2D eigenvalue weighted by atomic mass is 9.99. The molecule has 22 heavy (non-hydrogen) atoms. The van der Waals surface area contributed by atoms with Gasteiger partial charge in [-0.05, 0) is 56.5 Å². The van der Waals surface area contributed by atoms with Crippen LogP contribution in [0.3, 0.4) is 0 Å². The van der Waals surface area contributed by atoms with Crippen molar-refractivity contribution in [3.8, 4) is 10.8 Å². The molecule has 2 aromatic heterocycles. The second-order valence-electron chi connectivity index (χ2n) is 6.20. The Bertz CT molecular complexity index is 622. The lowest BCUT2D eigenvalue weighted by Gasteiger charge is -2.21. The van der Waals surface area contributed by atoms with Gasteiger partial charge in [0.05, 0.1) is 11.4 Å². The van der Waals surface area contributed by atoms with Gasteiger partial charge in [0.15, 0.2) is 0 Å². The van der Waals surface area contributed by atoms with E-state index in [9.17, 15) is 0 Å². The van der Waals surface area contributed by atoms with Crippen LogP contribution in [0.5, 0.6) is 0 Å². The number of nitrogens with zero attached hydrogens (tertiary/aromatic N) is 3. The summed E-state index contributed by atoms with van der Waals surface area (Å²) in [6.07, 6.45) is 6.30. The van der Waals surface area contributed by atoms with Gasteiger partial charge in [0.1, 0.15) is 0 Å². The van der Waals surface area contributed by atoms with Crippen molar-refractivity contribution in [2.75, 3.05) is 18.6 Å². The fourth-order valence-electron chi connectivity index (χ4n) is 3.23. The van der Waals surface area contributed by atoms with Gasteiger partial charge in [-0.25, -0.2) is 0 Å². The van der Waals surface area contributed by atoms with Gasteiger partial charge in [0.25, 0.3) is 5.89 Å². The number of hydrogen-bond donors (Lipinski definition) is 0. The van der Waals surface area contributed by atoms with Crippen molar-refractivity contribution in [3.05, 3.63) is 22.4 Å². The number of fused-ring (bicyclic) bond motifs is 1. The van der Waals surface area contributed by atoms with Gasteiger partial charge in [-0.2, -0.15) is 11.8 Å². The van der Waals surface area contributed by atoms with Crippen LogP contribution in [0.2, 0.25) is 0 Å². The summed E-state index contributed by atoms with van der Waals surface area (Å²) in [7, 11) is 2.16. The highest BCUT2D eigenvalue weighted by atomic mass is 32.2. The Balaban J connectivity index is 1.47. The molecule has 0 spiro atoms. The number of aryl methyl sites for hydroxylation is 2. The fourth-order valence-corrected chi connectivity index (χ4v) is 5.70. The van der Waals surface area contributed by atoms with E-state index in [1.165, 1.54) is 54.1 Å². The van der Waals surface area contributed by atoms with Crippen LogP contribution in [-0.2, 0) is 19.4 Å². The molecule has 0 N–H and O–H groups in total. The summed E-state index contributed by atoms with van der Waals surface area (Å²) in [5.41, 5.74) is 1.49. The van der Waals surface area contributed by atoms with Crippen LogP contribution in [0, 0.1) is 0 Å². The lowest BCUT2D eigenvalue weighted by Crippen LogP contribution is -2.30. The molecular formula is C16H21N3OS2. The molecule has 4 nitrogen and oxygen atoms in total. The quantitative estimate of drug-likeness (QED) is 0.854. The van der Waals surface area contributed by atoms with Crippen molar-refractivity contribution in [1.29, 1.82) is 0 Å². The van der Waals surface area contributed by atoms with Crippen LogP contribution in [-0.4, -0.2) is 39.7 Å². The zero-order valence-corrected chi connectivity index (χ0v) is 14.5. The van der Waals surface area contributed by atoms with Gasteiger partial charge in [0, 0.05) is 16.7 Å². The topological polar surface area (TPSA) is 42.2 Å². The molecule has 6 heteroatoms. The van der Waals surface area contributed by atoms with Crippen LogP contribution >= 0.6 is 23.1 Å². The molecule has 3 heterocycles. The highest BCUT2D eigenvalue weighted by Gasteiger charge is 2.22. The average molecular weight is 335 g/mol. The number of rotatable bonds is 4. The number of thiophene rings is 1.